The van der Waals surface area contributed by atoms with E-state index >= 15 is 0 Å². The first-order valence-electron chi connectivity index (χ1n) is 6.02. The zero-order chi connectivity index (χ0) is 13.0. The summed E-state index contributed by atoms with van der Waals surface area (Å²) in [5, 5.41) is 9.38. The molecule has 92 valence electrons. The summed E-state index contributed by atoms with van der Waals surface area (Å²) in [5.41, 5.74) is 0.286. The van der Waals surface area contributed by atoms with Crippen LogP contribution in [0.2, 0.25) is 0 Å². The first-order chi connectivity index (χ1) is 8.69. The summed E-state index contributed by atoms with van der Waals surface area (Å²) >= 11 is 0. The van der Waals surface area contributed by atoms with Crippen molar-refractivity contribution in [2.45, 2.75) is 25.5 Å². The van der Waals surface area contributed by atoms with Crippen LogP contribution in [0.3, 0.4) is 0 Å². The molecular weight excluding hydrogens is 224 g/mol. The van der Waals surface area contributed by atoms with Crippen molar-refractivity contribution in [2.75, 3.05) is 0 Å². The topological polar surface area (TPSA) is 45.4 Å². The Kier molecular flexibility index (Phi) is 3.47. The van der Waals surface area contributed by atoms with Gasteiger partial charge >= 0.3 is 0 Å². The van der Waals surface area contributed by atoms with Crippen molar-refractivity contribution >= 4 is 12.5 Å². The van der Waals surface area contributed by atoms with Gasteiger partial charge in [-0.2, -0.15) is 5.26 Å². The molecule has 0 radical (unpaired) electrons. The number of hydrogen-bond donors (Lipinski definition) is 0. The number of rotatable bonds is 3. The van der Waals surface area contributed by atoms with E-state index in [-0.39, 0.29) is 12.0 Å². The average Bonchev–Trinajstić information content (AvgIpc) is 2.81. The highest BCUT2D eigenvalue weighted by Crippen LogP contribution is 2.32. The molecule has 0 fully saturated rings. The second kappa shape index (κ2) is 5.05. The van der Waals surface area contributed by atoms with Gasteiger partial charge in [-0.1, -0.05) is 50.3 Å². The summed E-state index contributed by atoms with van der Waals surface area (Å²) < 4.78 is 5.44. The predicted molar refractivity (Wildman–Crippen MR) is 72.0 cm³/mol. The van der Waals surface area contributed by atoms with Gasteiger partial charge in [0.2, 0.25) is 0 Å². The zero-order valence-electron chi connectivity index (χ0n) is 10.6. The number of hydrogen-bond acceptors (Lipinski definition) is 3. The minimum atomic E-state index is -0.800. The van der Waals surface area contributed by atoms with Gasteiger partial charge in [-0.05, 0) is 17.6 Å². The van der Waals surface area contributed by atoms with Gasteiger partial charge in [0, 0.05) is 0 Å². The molecule has 2 atom stereocenters. The van der Waals surface area contributed by atoms with E-state index in [0.29, 0.717) is 0 Å². The first-order valence-corrected chi connectivity index (χ1v) is 6.02. The molecule has 0 spiro atoms. The molecule has 1 heterocycles. The Morgan fingerprint density at radius 3 is 2.72 bits per heavy atom. The average molecular weight is 240 g/mol. The summed E-state index contributed by atoms with van der Waals surface area (Å²) in [6, 6.07) is 12.2. The Morgan fingerprint density at radius 2 is 2.11 bits per heavy atom. The summed E-state index contributed by atoms with van der Waals surface area (Å²) in [4.78, 5) is 4.22. The lowest BCUT2D eigenvalue weighted by Crippen LogP contribution is -2.40. The highest BCUT2D eigenvalue weighted by Gasteiger charge is 2.45. The Hall–Kier alpha value is -2.08. The Labute approximate surface area is 107 Å². The molecule has 1 aromatic carbocycles. The Balaban J connectivity index is 2.20. The van der Waals surface area contributed by atoms with Crippen molar-refractivity contribution in [1.29, 1.82) is 5.26 Å². The molecule has 2 unspecified atom stereocenters. The monoisotopic (exact) mass is 240 g/mol. The molecule has 0 aliphatic carbocycles. The minimum Gasteiger partial charge on any atom is -0.472 e. The van der Waals surface area contributed by atoms with Crippen LogP contribution >= 0.6 is 0 Å². The number of benzene rings is 1. The van der Waals surface area contributed by atoms with Crippen LogP contribution in [0.1, 0.15) is 19.4 Å². The molecule has 1 aliphatic heterocycles. The van der Waals surface area contributed by atoms with Crippen LogP contribution in [0.15, 0.2) is 41.4 Å². The van der Waals surface area contributed by atoms with E-state index in [1.54, 1.807) is 0 Å². The summed E-state index contributed by atoms with van der Waals surface area (Å²) in [6.07, 6.45) is 4.95. The maximum atomic E-state index is 9.38. The molecule has 1 aliphatic rings. The largest absolute Gasteiger partial charge is 0.472 e. The molecule has 3 heteroatoms. The molecule has 18 heavy (non-hydrogen) atoms. The van der Waals surface area contributed by atoms with Crippen molar-refractivity contribution in [3.05, 3.63) is 42.0 Å². The number of nitriles is 1. The van der Waals surface area contributed by atoms with E-state index in [4.69, 9.17) is 4.74 Å². The van der Waals surface area contributed by atoms with E-state index in [1.165, 1.54) is 6.40 Å². The van der Waals surface area contributed by atoms with E-state index in [0.717, 1.165) is 5.56 Å². The molecule has 0 saturated carbocycles. The summed E-state index contributed by atoms with van der Waals surface area (Å²) in [6.45, 7) is 3.97. The zero-order valence-corrected chi connectivity index (χ0v) is 10.6. The van der Waals surface area contributed by atoms with Gasteiger partial charge < -0.3 is 4.74 Å². The van der Waals surface area contributed by atoms with Crippen molar-refractivity contribution in [3.8, 4) is 6.07 Å². The van der Waals surface area contributed by atoms with E-state index in [2.05, 4.69) is 11.1 Å². The van der Waals surface area contributed by atoms with E-state index < -0.39 is 5.54 Å². The lowest BCUT2D eigenvalue weighted by atomic mass is 9.83. The third kappa shape index (κ3) is 2.14. The smallest absolute Gasteiger partial charge is 0.192 e. The van der Waals surface area contributed by atoms with Crippen LogP contribution in [0.25, 0.3) is 6.08 Å². The Bertz CT molecular complexity index is 499. The fraction of sp³-hybridized carbons (Fsp3) is 0.333. The van der Waals surface area contributed by atoms with E-state index in [1.807, 2.05) is 56.3 Å². The second-order valence-electron chi connectivity index (χ2n) is 4.65. The van der Waals surface area contributed by atoms with Crippen molar-refractivity contribution in [3.63, 3.8) is 0 Å². The fourth-order valence-corrected chi connectivity index (χ4v) is 2.01. The van der Waals surface area contributed by atoms with Crippen LogP contribution in [0.5, 0.6) is 0 Å². The number of nitrogens with zero attached hydrogens (tertiary/aromatic N) is 2. The minimum absolute atomic E-state index is 0.103. The van der Waals surface area contributed by atoms with Crippen molar-refractivity contribution < 1.29 is 4.74 Å². The fourth-order valence-electron chi connectivity index (χ4n) is 2.01. The standard InChI is InChI=1S/C15H16N2O/c1-12(2)15(10-16)14(18-11-17-15)9-8-13-6-4-3-5-7-13/h3-9,11-12,14H,1-2H3/b9-8+. The molecule has 0 saturated heterocycles. The first kappa shape index (κ1) is 12.4. The van der Waals surface area contributed by atoms with Gasteiger partial charge in [-0.15, -0.1) is 0 Å². The molecule has 0 N–H and O–H groups in total. The molecule has 3 nitrogen and oxygen atoms in total. The summed E-state index contributed by atoms with van der Waals surface area (Å²) in [7, 11) is 0. The maximum absolute atomic E-state index is 9.38. The molecule has 0 aromatic heterocycles. The number of aliphatic imine (C=N–C) groups is 1. The van der Waals surface area contributed by atoms with Crippen LogP contribution in [-0.4, -0.2) is 18.0 Å². The van der Waals surface area contributed by atoms with Gasteiger partial charge in [0.05, 0.1) is 6.07 Å². The third-order valence-electron chi connectivity index (χ3n) is 3.23. The lowest BCUT2D eigenvalue weighted by Gasteiger charge is -2.26. The van der Waals surface area contributed by atoms with Crippen molar-refractivity contribution in [1.82, 2.24) is 0 Å². The van der Waals surface area contributed by atoms with Crippen LogP contribution in [-0.2, 0) is 4.74 Å². The van der Waals surface area contributed by atoms with Gasteiger partial charge in [0.25, 0.3) is 0 Å². The van der Waals surface area contributed by atoms with Crippen molar-refractivity contribution in [2.24, 2.45) is 10.9 Å². The molecule has 0 bridgehead atoms. The third-order valence-corrected chi connectivity index (χ3v) is 3.23. The lowest BCUT2D eigenvalue weighted by molar-refractivity contribution is 0.187. The molecular formula is C15H16N2O. The van der Waals surface area contributed by atoms with Gasteiger partial charge in [-0.25, -0.2) is 4.99 Å². The van der Waals surface area contributed by atoms with Crippen LogP contribution in [0, 0.1) is 17.2 Å². The Morgan fingerprint density at radius 1 is 1.39 bits per heavy atom. The van der Waals surface area contributed by atoms with Gasteiger partial charge in [-0.3, -0.25) is 0 Å². The highest BCUT2D eigenvalue weighted by atomic mass is 16.5. The predicted octanol–water partition coefficient (Wildman–Crippen LogP) is 3.05. The molecule has 2 rings (SSSR count). The normalized spacial score (nSPS) is 26.4. The number of ether oxygens (including phenoxy) is 1. The van der Waals surface area contributed by atoms with Gasteiger partial charge in [0.15, 0.2) is 18.0 Å². The second-order valence-corrected chi connectivity index (χ2v) is 4.65. The van der Waals surface area contributed by atoms with Gasteiger partial charge in [0.1, 0.15) is 0 Å². The van der Waals surface area contributed by atoms with Crippen LogP contribution < -0.4 is 0 Å². The van der Waals surface area contributed by atoms with E-state index in [9.17, 15) is 5.26 Å². The molecule has 0 amide bonds. The molecule has 1 aromatic rings. The van der Waals surface area contributed by atoms with Crippen LogP contribution in [0.4, 0.5) is 0 Å². The SMILES string of the molecule is CC(C)C1(C#N)N=COC1/C=C/c1ccccc1. The quantitative estimate of drug-likeness (QED) is 0.815. The summed E-state index contributed by atoms with van der Waals surface area (Å²) in [5.74, 6) is 0.103. The highest BCUT2D eigenvalue weighted by molar-refractivity contribution is 5.57. The maximum Gasteiger partial charge on any atom is 0.192 e.